The van der Waals surface area contributed by atoms with Crippen molar-refractivity contribution < 1.29 is 19.4 Å². The number of hydrogen-bond acceptors (Lipinski definition) is 4. The molecule has 1 fully saturated rings. The summed E-state index contributed by atoms with van der Waals surface area (Å²) in [6.45, 7) is 3.09. The van der Waals surface area contributed by atoms with Gasteiger partial charge in [0, 0.05) is 19.6 Å². The maximum atomic E-state index is 10.5. The van der Waals surface area contributed by atoms with Crippen LogP contribution in [-0.2, 0) is 4.79 Å². The molecule has 1 heterocycles. The average Bonchev–Trinajstić information content (AvgIpc) is 2.35. The molecule has 1 saturated heterocycles. The normalized spacial score (nSPS) is 15.8. The van der Waals surface area contributed by atoms with Gasteiger partial charge in [-0.3, -0.25) is 9.69 Å². The van der Waals surface area contributed by atoms with Gasteiger partial charge in [-0.2, -0.15) is 0 Å². The number of carboxylic acid groups (broad SMARTS) is 1. The van der Waals surface area contributed by atoms with Crippen molar-refractivity contribution in [1.29, 1.82) is 0 Å². The van der Waals surface area contributed by atoms with Crippen molar-refractivity contribution in [3.05, 3.63) is 24.3 Å². The molecule has 0 aliphatic carbocycles. The molecule has 0 bridgehead atoms. The molecule has 1 aromatic carbocycles. The number of methoxy groups -OCH3 is 1. The minimum absolute atomic E-state index is 0.268. The van der Waals surface area contributed by atoms with Gasteiger partial charge in [0.2, 0.25) is 0 Å². The van der Waals surface area contributed by atoms with Gasteiger partial charge >= 0.3 is 5.97 Å². The lowest BCUT2D eigenvalue weighted by Gasteiger charge is -2.38. The number of para-hydroxylation sites is 2. The second-order valence-corrected chi connectivity index (χ2v) is 4.72. The van der Waals surface area contributed by atoms with Gasteiger partial charge in [-0.25, -0.2) is 0 Å². The van der Waals surface area contributed by atoms with E-state index in [0.717, 1.165) is 31.1 Å². The van der Waals surface area contributed by atoms with Crippen LogP contribution in [0, 0.1) is 5.92 Å². The molecule has 1 N–H and O–H groups in total. The van der Waals surface area contributed by atoms with E-state index in [2.05, 4.69) is 4.90 Å². The van der Waals surface area contributed by atoms with E-state index >= 15 is 0 Å². The molecule has 104 valence electrons. The summed E-state index contributed by atoms with van der Waals surface area (Å²) in [5.41, 5.74) is 0. The Bertz CT molecular complexity index is 429. The molecule has 1 aromatic rings. The molecule has 0 amide bonds. The molecule has 0 radical (unpaired) electrons. The highest BCUT2D eigenvalue weighted by Gasteiger charge is 2.27. The molecular weight excluding hydrogens is 246 g/mol. The Morgan fingerprint density at radius 3 is 2.68 bits per heavy atom. The highest BCUT2D eigenvalue weighted by molar-refractivity contribution is 5.67. The van der Waals surface area contributed by atoms with Crippen molar-refractivity contribution >= 4 is 5.97 Å². The van der Waals surface area contributed by atoms with Crippen molar-refractivity contribution in [2.24, 2.45) is 5.92 Å². The lowest BCUT2D eigenvalue weighted by molar-refractivity contribution is -0.139. The molecule has 0 unspecified atom stereocenters. The lowest BCUT2D eigenvalue weighted by Crippen LogP contribution is -2.48. The molecule has 1 aliphatic rings. The third-order valence-electron chi connectivity index (χ3n) is 3.23. The van der Waals surface area contributed by atoms with Crippen LogP contribution in [0.25, 0.3) is 0 Å². The van der Waals surface area contributed by atoms with Gasteiger partial charge in [0.15, 0.2) is 11.5 Å². The maximum absolute atomic E-state index is 10.5. The van der Waals surface area contributed by atoms with Crippen molar-refractivity contribution in [3.63, 3.8) is 0 Å². The van der Waals surface area contributed by atoms with Crippen LogP contribution in [0.1, 0.15) is 6.42 Å². The molecule has 5 nitrogen and oxygen atoms in total. The largest absolute Gasteiger partial charge is 0.493 e. The van der Waals surface area contributed by atoms with Crippen LogP contribution in [0.5, 0.6) is 11.5 Å². The summed E-state index contributed by atoms with van der Waals surface area (Å²) < 4.78 is 10.9. The smallest absolute Gasteiger partial charge is 0.303 e. The first kappa shape index (κ1) is 13.7. The summed E-state index contributed by atoms with van der Waals surface area (Å²) >= 11 is 0. The SMILES string of the molecule is COc1ccccc1OCCN1CC(CC(=O)O)C1. The number of benzene rings is 1. The van der Waals surface area contributed by atoms with E-state index in [0.29, 0.717) is 12.5 Å². The monoisotopic (exact) mass is 265 g/mol. The molecular formula is C14H19NO4. The second kappa shape index (κ2) is 6.43. The Morgan fingerprint density at radius 2 is 2.05 bits per heavy atom. The Hall–Kier alpha value is -1.75. The molecule has 0 aromatic heterocycles. The van der Waals surface area contributed by atoms with Crippen LogP contribution in [0.4, 0.5) is 0 Å². The average molecular weight is 265 g/mol. The van der Waals surface area contributed by atoms with Crippen molar-refractivity contribution in [1.82, 2.24) is 4.90 Å². The lowest BCUT2D eigenvalue weighted by atomic mass is 9.97. The highest BCUT2D eigenvalue weighted by Crippen LogP contribution is 2.26. The minimum atomic E-state index is -0.713. The van der Waals surface area contributed by atoms with Gasteiger partial charge in [-0.1, -0.05) is 12.1 Å². The molecule has 0 spiro atoms. The zero-order valence-corrected chi connectivity index (χ0v) is 11.0. The van der Waals surface area contributed by atoms with Crippen LogP contribution in [0.15, 0.2) is 24.3 Å². The van der Waals surface area contributed by atoms with Crippen LogP contribution < -0.4 is 9.47 Å². The van der Waals surface area contributed by atoms with Gasteiger partial charge in [0.25, 0.3) is 0 Å². The Kier molecular flexibility index (Phi) is 4.63. The fourth-order valence-electron chi connectivity index (χ4n) is 2.26. The maximum Gasteiger partial charge on any atom is 0.303 e. The predicted octanol–water partition coefficient (Wildman–Crippen LogP) is 1.48. The summed E-state index contributed by atoms with van der Waals surface area (Å²) in [5, 5.41) is 8.66. The van der Waals surface area contributed by atoms with E-state index in [4.69, 9.17) is 14.6 Å². The van der Waals surface area contributed by atoms with Gasteiger partial charge in [0.05, 0.1) is 13.5 Å². The fourth-order valence-corrected chi connectivity index (χ4v) is 2.26. The summed E-state index contributed by atoms with van der Waals surface area (Å²) in [7, 11) is 1.62. The molecule has 0 atom stereocenters. The molecule has 5 heteroatoms. The van der Waals surface area contributed by atoms with E-state index in [1.807, 2.05) is 24.3 Å². The molecule has 0 saturated carbocycles. The summed E-state index contributed by atoms with van der Waals surface area (Å²) in [5.74, 6) is 1.06. The zero-order valence-electron chi connectivity index (χ0n) is 11.0. The number of hydrogen-bond donors (Lipinski definition) is 1. The number of likely N-dealkylation sites (tertiary alicyclic amines) is 1. The first-order valence-corrected chi connectivity index (χ1v) is 6.39. The van der Waals surface area contributed by atoms with Crippen molar-refractivity contribution in [2.75, 3.05) is 33.4 Å². The second-order valence-electron chi connectivity index (χ2n) is 4.72. The summed E-state index contributed by atoms with van der Waals surface area (Å²) in [4.78, 5) is 12.7. The number of rotatable bonds is 7. The van der Waals surface area contributed by atoms with E-state index in [1.165, 1.54) is 0 Å². The van der Waals surface area contributed by atoms with Gasteiger partial charge < -0.3 is 14.6 Å². The van der Waals surface area contributed by atoms with E-state index < -0.39 is 5.97 Å². The van der Waals surface area contributed by atoms with Crippen molar-refractivity contribution in [2.45, 2.75) is 6.42 Å². The quantitative estimate of drug-likeness (QED) is 0.809. The van der Waals surface area contributed by atoms with Gasteiger partial charge in [-0.15, -0.1) is 0 Å². The van der Waals surface area contributed by atoms with Crippen LogP contribution >= 0.6 is 0 Å². The van der Waals surface area contributed by atoms with Crippen LogP contribution in [-0.4, -0.2) is 49.3 Å². The number of aliphatic carboxylic acids is 1. The van der Waals surface area contributed by atoms with Gasteiger partial charge in [0.1, 0.15) is 6.61 Å². The first-order chi connectivity index (χ1) is 9.19. The van der Waals surface area contributed by atoms with E-state index in [1.54, 1.807) is 7.11 Å². The standard InChI is InChI=1S/C14H19NO4/c1-18-12-4-2-3-5-13(12)19-7-6-15-9-11(10-15)8-14(16)17/h2-5,11H,6-10H2,1H3,(H,16,17). The summed E-state index contributed by atoms with van der Waals surface area (Å²) in [6.07, 6.45) is 0.268. The topological polar surface area (TPSA) is 59.0 Å². The Balaban J connectivity index is 1.67. The molecule has 19 heavy (non-hydrogen) atoms. The number of nitrogens with zero attached hydrogens (tertiary/aromatic N) is 1. The minimum Gasteiger partial charge on any atom is -0.493 e. The van der Waals surface area contributed by atoms with Gasteiger partial charge in [-0.05, 0) is 18.1 Å². The number of carbonyl (C=O) groups is 1. The van der Waals surface area contributed by atoms with Crippen LogP contribution in [0.3, 0.4) is 0 Å². The summed E-state index contributed by atoms with van der Waals surface area (Å²) in [6, 6.07) is 7.55. The predicted molar refractivity (Wildman–Crippen MR) is 70.7 cm³/mol. The molecule has 1 aliphatic heterocycles. The third-order valence-corrected chi connectivity index (χ3v) is 3.23. The zero-order chi connectivity index (χ0) is 13.7. The number of carboxylic acids is 1. The third kappa shape index (κ3) is 3.86. The first-order valence-electron chi connectivity index (χ1n) is 6.39. The van der Waals surface area contributed by atoms with E-state index in [9.17, 15) is 4.79 Å². The Morgan fingerprint density at radius 1 is 1.37 bits per heavy atom. The number of ether oxygens (including phenoxy) is 2. The van der Waals surface area contributed by atoms with Crippen molar-refractivity contribution in [3.8, 4) is 11.5 Å². The fraction of sp³-hybridized carbons (Fsp3) is 0.500. The highest BCUT2D eigenvalue weighted by atomic mass is 16.5. The van der Waals surface area contributed by atoms with Crippen LogP contribution in [0.2, 0.25) is 0 Å². The Labute approximate surface area is 112 Å². The van der Waals surface area contributed by atoms with E-state index in [-0.39, 0.29) is 6.42 Å². The molecule has 2 rings (SSSR count).